The number of pyridine rings is 1. The highest BCUT2D eigenvalue weighted by atomic mass is 79.9. The number of ether oxygens (including phenoxy) is 1. The summed E-state index contributed by atoms with van der Waals surface area (Å²) in [5.41, 5.74) is 2.11. The first-order valence-electron chi connectivity index (χ1n) is 12.2. The van der Waals surface area contributed by atoms with Crippen molar-refractivity contribution in [1.29, 1.82) is 0 Å². The van der Waals surface area contributed by atoms with Crippen molar-refractivity contribution in [2.24, 2.45) is 0 Å². The number of hydrogen-bond donors (Lipinski definition) is 2. The van der Waals surface area contributed by atoms with Gasteiger partial charge in [-0.2, -0.15) is 0 Å². The lowest BCUT2D eigenvalue weighted by Gasteiger charge is -2.39. The second-order valence-corrected chi connectivity index (χ2v) is 10.6. The molecule has 0 aliphatic rings. The number of benzene rings is 4. The van der Waals surface area contributed by atoms with Crippen LogP contribution in [0.1, 0.15) is 29.0 Å². The highest BCUT2D eigenvalue weighted by molar-refractivity contribution is 9.10. The lowest BCUT2D eigenvalue weighted by molar-refractivity contribution is 0.0118. The van der Waals surface area contributed by atoms with Crippen LogP contribution < -0.4 is 10.1 Å². The molecule has 6 heteroatoms. The van der Waals surface area contributed by atoms with Gasteiger partial charge in [-0.1, -0.05) is 82.1 Å². The van der Waals surface area contributed by atoms with Gasteiger partial charge in [-0.3, -0.25) is 0 Å². The number of aromatic nitrogens is 1. The Labute approximate surface area is 230 Å². The van der Waals surface area contributed by atoms with Gasteiger partial charge in [-0.05, 0) is 78.3 Å². The van der Waals surface area contributed by atoms with Crippen molar-refractivity contribution in [3.8, 4) is 5.88 Å². The smallest absolute Gasteiger partial charge is 0.217 e. The van der Waals surface area contributed by atoms with Crippen LogP contribution in [-0.4, -0.2) is 30.8 Å². The maximum atomic E-state index is 12.9. The SMILES string of the molecule is CNCC[C@](O)(c1cccc2ccccc12)[C@H](c1ccc(Cl)cc1)c1cc2cc(Br)ccc2nc1OC. The molecule has 0 aliphatic heterocycles. The highest BCUT2D eigenvalue weighted by Crippen LogP contribution is 2.49. The quantitative estimate of drug-likeness (QED) is 0.202. The van der Waals surface area contributed by atoms with E-state index in [1.807, 2.05) is 73.8 Å². The Kier molecular flexibility index (Phi) is 7.50. The van der Waals surface area contributed by atoms with Gasteiger partial charge in [0.05, 0.1) is 12.6 Å². The molecular formula is C31H28BrClN2O2. The Morgan fingerprint density at radius 2 is 1.73 bits per heavy atom. The summed E-state index contributed by atoms with van der Waals surface area (Å²) in [6.45, 7) is 0.610. The zero-order valence-electron chi connectivity index (χ0n) is 20.7. The standard InChI is InChI=1S/C31H28BrClN2O2/c1-34-17-16-31(36,27-9-5-7-20-6-3-4-8-25(20)27)29(21-10-13-24(33)14-11-21)26-19-22-18-23(32)12-15-28(22)35-30(26)37-2/h3-15,18-19,29,34,36H,16-17H2,1-2H3/t29-,31+/m1/s1. The molecular weight excluding hydrogens is 548 g/mol. The third kappa shape index (κ3) is 4.97. The van der Waals surface area contributed by atoms with Gasteiger partial charge in [0, 0.05) is 26.4 Å². The van der Waals surface area contributed by atoms with E-state index in [-0.39, 0.29) is 0 Å². The van der Waals surface area contributed by atoms with Gasteiger partial charge in [0.25, 0.3) is 0 Å². The molecule has 0 aliphatic carbocycles. The van der Waals surface area contributed by atoms with Crippen LogP contribution >= 0.6 is 27.5 Å². The van der Waals surface area contributed by atoms with Crippen molar-refractivity contribution in [2.75, 3.05) is 20.7 Å². The first-order chi connectivity index (χ1) is 17.9. The summed E-state index contributed by atoms with van der Waals surface area (Å²) in [6.07, 6.45) is 0.463. The number of fused-ring (bicyclic) bond motifs is 2. The average Bonchev–Trinajstić information content (AvgIpc) is 2.92. The molecule has 188 valence electrons. The van der Waals surface area contributed by atoms with Crippen LogP contribution in [0.25, 0.3) is 21.7 Å². The normalized spacial score (nSPS) is 14.0. The minimum Gasteiger partial charge on any atom is -0.481 e. The zero-order valence-corrected chi connectivity index (χ0v) is 23.1. The fourth-order valence-electron chi connectivity index (χ4n) is 5.24. The fraction of sp³-hybridized carbons (Fsp3) is 0.194. The summed E-state index contributed by atoms with van der Waals surface area (Å²) in [5, 5.41) is 19.8. The zero-order chi connectivity index (χ0) is 26.0. The predicted molar refractivity (Wildman–Crippen MR) is 156 cm³/mol. The first-order valence-corrected chi connectivity index (χ1v) is 13.4. The molecule has 4 aromatic carbocycles. The first kappa shape index (κ1) is 25.7. The van der Waals surface area contributed by atoms with Gasteiger partial charge < -0.3 is 15.2 Å². The third-order valence-corrected chi connectivity index (χ3v) is 7.71. The summed E-state index contributed by atoms with van der Waals surface area (Å²) in [7, 11) is 3.52. The van der Waals surface area contributed by atoms with Crippen molar-refractivity contribution in [2.45, 2.75) is 17.9 Å². The number of aliphatic hydroxyl groups is 1. The number of nitrogens with one attached hydrogen (secondary N) is 1. The predicted octanol–water partition coefficient (Wildman–Crippen LogP) is 7.44. The molecule has 2 atom stereocenters. The Morgan fingerprint density at radius 1 is 0.973 bits per heavy atom. The molecule has 0 bridgehead atoms. The number of rotatable bonds is 8. The molecule has 0 unspecified atom stereocenters. The van der Waals surface area contributed by atoms with E-state index in [2.05, 4.69) is 45.5 Å². The molecule has 0 spiro atoms. The molecule has 5 aromatic rings. The molecule has 5 rings (SSSR count). The van der Waals surface area contributed by atoms with Crippen LogP contribution in [0.3, 0.4) is 0 Å². The minimum atomic E-state index is -1.30. The van der Waals surface area contributed by atoms with Crippen LogP contribution in [0.15, 0.2) is 95.5 Å². The van der Waals surface area contributed by atoms with E-state index in [1.54, 1.807) is 7.11 Å². The second kappa shape index (κ2) is 10.8. The lowest BCUT2D eigenvalue weighted by Crippen LogP contribution is -2.37. The van der Waals surface area contributed by atoms with Crippen molar-refractivity contribution in [3.63, 3.8) is 0 Å². The van der Waals surface area contributed by atoms with E-state index in [4.69, 9.17) is 21.3 Å². The average molecular weight is 576 g/mol. The molecule has 2 N–H and O–H groups in total. The van der Waals surface area contributed by atoms with E-state index in [0.717, 1.165) is 42.8 Å². The van der Waals surface area contributed by atoms with Crippen LogP contribution in [-0.2, 0) is 5.60 Å². The Bertz CT molecular complexity index is 1550. The number of halogens is 2. The van der Waals surface area contributed by atoms with Gasteiger partial charge in [0.15, 0.2) is 0 Å². The maximum Gasteiger partial charge on any atom is 0.217 e. The van der Waals surface area contributed by atoms with E-state index in [9.17, 15) is 5.11 Å². The molecule has 1 heterocycles. The molecule has 37 heavy (non-hydrogen) atoms. The summed E-state index contributed by atoms with van der Waals surface area (Å²) >= 11 is 9.88. The van der Waals surface area contributed by atoms with Crippen LogP contribution in [0.4, 0.5) is 0 Å². The van der Waals surface area contributed by atoms with E-state index >= 15 is 0 Å². The van der Waals surface area contributed by atoms with Crippen LogP contribution in [0.2, 0.25) is 5.02 Å². The van der Waals surface area contributed by atoms with Crippen molar-refractivity contribution < 1.29 is 9.84 Å². The Morgan fingerprint density at radius 3 is 2.49 bits per heavy atom. The summed E-state index contributed by atoms with van der Waals surface area (Å²) < 4.78 is 6.82. The number of hydrogen-bond acceptors (Lipinski definition) is 4. The van der Waals surface area contributed by atoms with Gasteiger partial charge in [-0.15, -0.1) is 0 Å². The molecule has 0 saturated heterocycles. The summed E-state index contributed by atoms with van der Waals surface area (Å²) in [6, 6.07) is 30.0. The minimum absolute atomic E-state index is 0.463. The third-order valence-electron chi connectivity index (χ3n) is 6.97. The van der Waals surface area contributed by atoms with Gasteiger partial charge in [0.2, 0.25) is 5.88 Å². The number of methoxy groups -OCH3 is 1. The lowest BCUT2D eigenvalue weighted by atomic mass is 9.70. The second-order valence-electron chi connectivity index (χ2n) is 9.21. The molecule has 1 aromatic heterocycles. The van der Waals surface area contributed by atoms with Crippen LogP contribution in [0, 0.1) is 0 Å². The molecule has 0 amide bonds. The van der Waals surface area contributed by atoms with Gasteiger partial charge in [0.1, 0.15) is 5.60 Å². The topological polar surface area (TPSA) is 54.4 Å². The van der Waals surface area contributed by atoms with Gasteiger partial charge in [-0.25, -0.2) is 4.98 Å². The van der Waals surface area contributed by atoms with E-state index in [1.165, 1.54) is 0 Å². The maximum absolute atomic E-state index is 12.9. The summed E-state index contributed by atoms with van der Waals surface area (Å²) in [4.78, 5) is 4.85. The molecule has 4 nitrogen and oxygen atoms in total. The summed E-state index contributed by atoms with van der Waals surface area (Å²) in [5.74, 6) is -0.00681. The largest absolute Gasteiger partial charge is 0.481 e. The molecule has 0 saturated carbocycles. The van der Waals surface area contributed by atoms with Crippen molar-refractivity contribution in [1.82, 2.24) is 10.3 Å². The van der Waals surface area contributed by atoms with Crippen LogP contribution in [0.5, 0.6) is 5.88 Å². The van der Waals surface area contributed by atoms with E-state index in [0.29, 0.717) is 23.9 Å². The van der Waals surface area contributed by atoms with E-state index < -0.39 is 11.5 Å². The molecule has 0 radical (unpaired) electrons. The Balaban J connectivity index is 1.85. The van der Waals surface area contributed by atoms with Crippen molar-refractivity contribution in [3.05, 3.63) is 117 Å². The molecule has 0 fully saturated rings. The highest BCUT2D eigenvalue weighted by Gasteiger charge is 2.43. The van der Waals surface area contributed by atoms with Crippen molar-refractivity contribution >= 4 is 49.2 Å². The monoisotopic (exact) mass is 574 g/mol. The fourth-order valence-corrected chi connectivity index (χ4v) is 5.74. The number of nitrogens with zero attached hydrogens (tertiary/aromatic N) is 1. The Hall–Kier alpha value is -2.96. The van der Waals surface area contributed by atoms with Gasteiger partial charge >= 0.3 is 0 Å².